The normalized spacial score (nSPS) is 9.69. The minimum absolute atomic E-state index is 0.568. The van der Waals surface area contributed by atoms with Crippen LogP contribution in [-0.4, -0.2) is 46.7 Å². The van der Waals surface area contributed by atoms with E-state index in [9.17, 15) is 0 Å². The van der Waals surface area contributed by atoms with Crippen LogP contribution in [0.2, 0.25) is 6.55 Å². The Bertz CT molecular complexity index is 76.9. The first-order chi connectivity index (χ1) is 6.22. The summed E-state index contributed by atoms with van der Waals surface area (Å²) in [5.41, 5.74) is 0. The molecule has 0 aliphatic rings. The van der Waals surface area contributed by atoms with Crippen LogP contribution in [0.25, 0.3) is 0 Å². The predicted molar refractivity (Wildman–Crippen MR) is 58.8 cm³/mol. The van der Waals surface area contributed by atoms with Crippen LogP contribution in [-0.2, 0) is 17.7 Å². The van der Waals surface area contributed by atoms with Crippen molar-refractivity contribution in [1.29, 1.82) is 0 Å². The van der Waals surface area contributed by atoms with Crippen LogP contribution in [0.15, 0.2) is 0 Å². The second-order valence-electron chi connectivity index (χ2n) is 2.17. The monoisotopic (exact) mass is 226 g/mol. The highest BCUT2D eigenvalue weighted by molar-refractivity contribution is 6.42. The zero-order valence-corrected chi connectivity index (χ0v) is 11.9. The van der Waals surface area contributed by atoms with Gasteiger partial charge < -0.3 is 17.7 Å². The second kappa shape index (κ2) is 14.8. The minimum atomic E-state index is -1.20. The van der Waals surface area contributed by atoms with Gasteiger partial charge in [-0.25, -0.2) is 0 Å². The lowest BCUT2D eigenvalue weighted by molar-refractivity contribution is 0.219. The summed E-state index contributed by atoms with van der Waals surface area (Å²) in [7, 11) is 1.53. The van der Waals surface area contributed by atoms with Crippen LogP contribution in [0.3, 0.4) is 0 Å². The van der Waals surface area contributed by atoms with E-state index in [1.54, 1.807) is 14.2 Å². The molecular formula is C7H22O4Si2. The third-order valence-corrected chi connectivity index (χ3v) is 3.12. The Kier molecular flexibility index (Phi) is 17.9. The SMILES string of the molecule is CCO[SiH](C)OCC.CO[SiH2]OC. The highest BCUT2D eigenvalue weighted by Crippen LogP contribution is 1.85. The first-order valence-electron chi connectivity index (χ1n) is 4.43. The Balaban J connectivity index is 0. The molecule has 0 saturated heterocycles. The van der Waals surface area contributed by atoms with Gasteiger partial charge in [0.1, 0.15) is 0 Å². The van der Waals surface area contributed by atoms with Gasteiger partial charge in [-0.3, -0.25) is 0 Å². The molecule has 0 radical (unpaired) electrons. The van der Waals surface area contributed by atoms with Gasteiger partial charge >= 0.3 is 19.3 Å². The van der Waals surface area contributed by atoms with Crippen molar-refractivity contribution in [3.8, 4) is 0 Å². The zero-order chi connectivity index (χ0) is 10.5. The topological polar surface area (TPSA) is 36.9 Å². The van der Waals surface area contributed by atoms with E-state index < -0.39 is 19.3 Å². The average Bonchev–Trinajstić information content (AvgIpc) is 2.08. The Hall–Kier alpha value is 0.274. The summed E-state index contributed by atoms with van der Waals surface area (Å²) in [4.78, 5) is 0. The van der Waals surface area contributed by atoms with Gasteiger partial charge in [0.25, 0.3) is 0 Å². The van der Waals surface area contributed by atoms with Crippen LogP contribution in [0, 0.1) is 0 Å². The molecule has 0 bridgehead atoms. The molecule has 0 amide bonds. The van der Waals surface area contributed by atoms with Crippen molar-refractivity contribution in [2.45, 2.75) is 20.4 Å². The van der Waals surface area contributed by atoms with Gasteiger partial charge in [-0.15, -0.1) is 0 Å². The molecule has 82 valence electrons. The van der Waals surface area contributed by atoms with E-state index in [1.807, 2.05) is 20.4 Å². The van der Waals surface area contributed by atoms with Crippen molar-refractivity contribution < 1.29 is 17.7 Å². The Morgan fingerprint density at radius 3 is 1.54 bits per heavy atom. The van der Waals surface area contributed by atoms with Gasteiger partial charge in [-0.2, -0.15) is 0 Å². The molecule has 0 atom stereocenters. The van der Waals surface area contributed by atoms with Gasteiger partial charge in [0.2, 0.25) is 0 Å². The fourth-order valence-corrected chi connectivity index (χ4v) is 1.91. The van der Waals surface area contributed by atoms with Crippen LogP contribution in [0.1, 0.15) is 13.8 Å². The highest BCUT2D eigenvalue weighted by atomic mass is 28.3. The van der Waals surface area contributed by atoms with Crippen LogP contribution in [0.4, 0.5) is 0 Å². The maximum Gasteiger partial charge on any atom is 0.318 e. The molecule has 0 aliphatic carbocycles. The van der Waals surface area contributed by atoms with Crippen LogP contribution >= 0.6 is 0 Å². The van der Waals surface area contributed by atoms with Crippen molar-refractivity contribution >= 4 is 19.3 Å². The molecule has 0 saturated carbocycles. The first-order valence-corrected chi connectivity index (χ1v) is 7.69. The quantitative estimate of drug-likeness (QED) is 0.606. The van der Waals surface area contributed by atoms with Crippen molar-refractivity contribution in [3.05, 3.63) is 0 Å². The van der Waals surface area contributed by atoms with Crippen molar-refractivity contribution in [2.75, 3.05) is 27.4 Å². The molecule has 0 unspecified atom stereocenters. The molecule has 0 fully saturated rings. The van der Waals surface area contributed by atoms with E-state index in [2.05, 4.69) is 8.85 Å². The summed E-state index contributed by atoms with van der Waals surface area (Å²) in [5, 5.41) is 0. The summed E-state index contributed by atoms with van der Waals surface area (Å²) >= 11 is 0. The Morgan fingerprint density at radius 2 is 1.38 bits per heavy atom. The molecule has 6 heteroatoms. The number of hydrogen-bond acceptors (Lipinski definition) is 4. The lowest BCUT2D eigenvalue weighted by atomic mass is 10.9. The number of hydrogen-bond donors (Lipinski definition) is 0. The smallest absolute Gasteiger partial charge is 0.318 e. The van der Waals surface area contributed by atoms with E-state index in [4.69, 9.17) is 8.85 Å². The minimum Gasteiger partial charge on any atom is -0.402 e. The molecule has 0 rings (SSSR count). The van der Waals surface area contributed by atoms with Crippen LogP contribution < -0.4 is 0 Å². The second-order valence-corrected chi connectivity index (χ2v) is 5.37. The standard InChI is InChI=1S/C5H14O2Si.C2H8O2Si/c1-4-6-8(3)7-5-2;1-3-5-4-2/h8H,4-5H2,1-3H3;5H2,1-2H3. The van der Waals surface area contributed by atoms with Crippen molar-refractivity contribution in [2.24, 2.45) is 0 Å². The third-order valence-electron chi connectivity index (χ3n) is 1.04. The summed E-state index contributed by atoms with van der Waals surface area (Å²) in [6.45, 7) is 7.58. The summed E-state index contributed by atoms with van der Waals surface area (Å²) in [6.07, 6.45) is 0. The van der Waals surface area contributed by atoms with Crippen molar-refractivity contribution in [1.82, 2.24) is 0 Å². The summed E-state index contributed by atoms with van der Waals surface area (Å²) in [5.74, 6) is 0. The molecule has 0 aromatic heterocycles. The molecule has 0 aromatic rings. The Morgan fingerprint density at radius 1 is 1.00 bits per heavy atom. The molecule has 0 aliphatic heterocycles. The fraction of sp³-hybridized carbons (Fsp3) is 1.00. The molecule has 0 heterocycles. The van der Waals surface area contributed by atoms with E-state index in [0.29, 0.717) is 0 Å². The van der Waals surface area contributed by atoms with E-state index in [0.717, 1.165) is 13.2 Å². The summed E-state index contributed by atoms with van der Waals surface area (Å²) in [6, 6.07) is 0. The summed E-state index contributed by atoms with van der Waals surface area (Å²) < 4.78 is 19.6. The molecule has 0 aromatic carbocycles. The van der Waals surface area contributed by atoms with Gasteiger partial charge in [-0.05, 0) is 20.4 Å². The van der Waals surface area contributed by atoms with Gasteiger partial charge in [-0.1, -0.05) is 0 Å². The fourth-order valence-electron chi connectivity index (χ4n) is 0.635. The van der Waals surface area contributed by atoms with E-state index in [1.165, 1.54) is 0 Å². The van der Waals surface area contributed by atoms with Crippen LogP contribution in [0.5, 0.6) is 0 Å². The molecular weight excluding hydrogens is 204 g/mol. The maximum absolute atomic E-state index is 5.20. The molecule has 13 heavy (non-hydrogen) atoms. The molecule has 0 spiro atoms. The lowest BCUT2D eigenvalue weighted by Crippen LogP contribution is -2.17. The predicted octanol–water partition coefficient (Wildman–Crippen LogP) is 0.188. The largest absolute Gasteiger partial charge is 0.402 e. The van der Waals surface area contributed by atoms with Crippen molar-refractivity contribution in [3.63, 3.8) is 0 Å². The van der Waals surface area contributed by atoms with Gasteiger partial charge in [0.15, 0.2) is 0 Å². The molecule has 0 N–H and O–H groups in total. The van der Waals surface area contributed by atoms with E-state index >= 15 is 0 Å². The third kappa shape index (κ3) is 18.9. The molecule has 4 nitrogen and oxygen atoms in total. The Labute approximate surface area is 85.4 Å². The maximum atomic E-state index is 5.20. The lowest BCUT2D eigenvalue weighted by Gasteiger charge is -2.07. The zero-order valence-electron chi connectivity index (χ0n) is 9.33. The highest BCUT2D eigenvalue weighted by Gasteiger charge is 1.99. The first kappa shape index (κ1) is 15.7. The average molecular weight is 226 g/mol. The van der Waals surface area contributed by atoms with Gasteiger partial charge in [0, 0.05) is 27.4 Å². The van der Waals surface area contributed by atoms with Gasteiger partial charge in [0.05, 0.1) is 0 Å². The van der Waals surface area contributed by atoms with E-state index in [-0.39, 0.29) is 0 Å². The number of rotatable bonds is 6.